The van der Waals surface area contributed by atoms with Gasteiger partial charge in [-0.3, -0.25) is 38.4 Å². The number of halogens is 6. The van der Waals surface area contributed by atoms with Crippen LogP contribution in [0.3, 0.4) is 0 Å². The lowest BCUT2D eigenvalue weighted by atomic mass is 9.89. The van der Waals surface area contributed by atoms with E-state index in [0.29, 0.717) is 74.3 Å². The van der Waals surface area contributed by atoms with Gasteiger partial charge in [0.05, 0.1) is 88.5 Å². The van der Waals surface area contributed by atoms with Crippen molar-refractivity contribution in [3.63, 3.8) is 0 Å². The topological polar surface area (TPSA) is 448 Å². The van der Waals surface area contributed by atoms with Crippen molar-refractivity contribution in [1.82, 2.24) is 80.7 Å². The number of hydrogen-bond acceptors (Lipinski definition) is 30. The van der Waals surface area contributed by atoms with Crippen LogP contribution in [0.25, 0.3) is 41.8 Å². The third-order valence-electron chi connectivity index (χ3n) is 25.5. The number of thiazole rings is 4. The van der Waals surface area contributed by atoms with E-state index in [0.717, 1.165) is 115 Å². The second-order valence-corrected chi connectivity index (χ2v) is 44.3. The number of aliphatic hydroxyl groups is 4. The van der Waals surface area contributed by atoms with E-state index in [1.807, 2.05) is 101 Å². The molecule has 0 unspecified atom stereocenters. The van der Waals surface area contributed by atoms with Gasteiger partial charge in [-0.05, 0) is 224 Å². The van der Waals surface area contributed by atoms with Crippen LogP contribution >= 0.6 is 45.3 Å². The zero-order valence-electron chi connectivity index (χ0n) is 82.1. The van der Waals surface area contributed by atoms with Crippen LogP contribution in [-0.2, 0) is 9.47 Å². The largest absolute Gasteiger partial charge is 0.393 e. The van der Waals surface area contributed by atoms with Crippen molar-refractivity contribution in [1.29, 1.82) is 0 Å². The number of amides is 8. The second kappa shape index (κ2) is 46.0. The predicted octanol–water partition coefficient (Wildman–Crippen LogP) is 15.2. The molecule has 34 nitrogen and oxygen atoms in total. The first-order valence-electron chi connectivity index (χ1n) is 47.9. The molecule has 766 valence electrons. The van der Waals surface area contributed by atoms with Crippen molar-refractivity contribution >= 4 is 116 Å². The lowest BCUT2D eigenvalue weighted by molar-refractivity contribution is 0.0447. The molecule has 2 saturated carbocycles. The molecule has 8 amide bonds. The second-order valence-electron chi connectivity index (χ2n) is 40.3. The number of aryl methyl sites for hydroxylation is 1. The Hall–Kier alpha value is -10.6. The van der Waals surface area contributed by atoms with Crippen LogP contribution in [0, 0.1) is 6.92 Å². The summed E-state index contributed by atoms with van der Waals surface area (Å²) in [7, 11) is 0. The normalized spacial score (nSPS) is 22.5. The van der Waals surface area contributed by atoms with E-state index >= 15 is 0 Å². The number of rotatable bonds is 25. The molecule has 0 bridgehead atoms. The number of nitrogens with zero attached hydrogens (tertiary/aromatic N) is 12. The van der Waals surface area contributed by atoms with Crippen molar-refractivity contribution in [2.45, 2.75) is 315 Å². The summed E-state index contributed by atoms with van der Waals surface area (Å²) in [6, 6.07) is 4.50. The molecular formula is C97H128F6N20O14S4. The van der Waals surface area contributed by atoms with Gasteiger partial charge < -0.3 is 92.0 Å². The first kappa shape index (κ1) is 108. The number of pyridine rings is 4. The number of aliphatic hydroxyl groups excluding tert-OH is 4. The van der Waals surface area contributed by atoms with Gasteiger partial charge in [0.15, 0.2) is 20.0 Å². The van der Waals surface area contributed by atoms with Crippen LogP contribution in [0.1, 0.15) is 316 Å². The maximum Gasteiger partial charge on any atom is 0.280 e. The summed E-state index contributed by atoms with van der Waals surface area (Å²) in [5.41, 5.74) is 0.0774. The number of alkyl halides is 6. The number of likely N-dealkylation sites (tertiary alicyclic amines) is 4. The van der Waals surface area contributed by atoms with Gasteiger partial charge in [0.1, 0.15) is 46.0 Å². The molecule has 16 rings (SSSR count). The smallest absolute Gasteiger partial charge is 0.280 e. The Kier molecular flexibility index (Phi) is 35.1. The van der Waals surface area contributed by atoms with Crippen molar-refractivity contribution in [2.75, 3.05) is 73.9 Å². The van der Waals surface area contributed by atoms with E-state index in [2.05, 4.69) is 103 Å². The molecule has 0 aromatic carbocycles. The number of carbonyl (C=O) groups excluding carboxylic acids is 8. The number of ether oxygens (including phenoxy) is 2. The van der Waals surface area contributed by atoms with Crippen LogP contribution in [0.4, 0.5) is 49.6 Å². The monoisotopic (exact) mass is 2040 g/mol. The molecule has 8 aromatic rings. The Morgan fingerprint density at radius 1 is 0.411 bits per heavy atom. The fraction of sp³-hybridized carbons (Fsp3) is 0.588. The number of nitrogens with one attached hydrogen (secondary N) is 8. The molecule has 8 fully saturated rings. The van der Waals surface area contributed by atoms with E-state index in [1.54, 1.807) is 20.9 Å². The van der Waals surface area contributed by atoms with Crippen LogP contribution in [0.5, 0.6) is 0 Å². The molecule has 12 N–H and O–H groups in total. The van der Waals surface area contributed by atoms with Crippen LogP contribution in [0.2, 0.25) is 0 Å². The molecule has 13 atom stereocenters. The highest BCUT2D eigenvalue weighted by Crippen LogP contribution is 2.45. The van der Waals surface area contributed by atoms with E-state index in [4.69, 9.17) is 9.47 Å². The molecule has 8 aromatic heterocycles. The van der Waals surface area contributed by atoms with Gasteiger partial charge in [0, 0.05) is 143 Å². The van der Waals surface area contributed by atoms with Crippen LogP contribution < -0.4 is 42.5 Å². The fourth-order valence-electron chi connectivity index (χ4n) is 17.6. The van der Waals surface area contributed by atoms with Crippen molar-refractivity contribution in [3.8, 4) is 41.8 Å². The molecule has 0 radical (unpaired) electrons. The van der Waals surface area contributed by atoms with Crippen LogP contribution in [-0.4, -0.2) is 275 Å². The number of anilines is 4. The standard InChI is InChI=1S/C25H35N5O3S.2C24H31F2N5O4S.C24H31F2N5O3S/c1-5-15(3)27-20-11-14(2)19(13-26-20)22-21(25(33)30-10-6-7-16(30)4)29-24(34-22)23(32)28-17-8-9-18(31)12-17;2*1-12-6-5-7-31(12)23(34)18-19(36-22(29-18)21(33)28-15-10-35-11-16(15)32)14-9-27-17(30-24(2,3)4)8-13(14)20(25)26;1-12-6-5-9-31(12)23(34)18-19(35-22(29-18)21(33)28-15-7-8-16(15)32)14-11-27-17(30-24(2,3)4)10-13(14)20(25)26/h11,13,15-18,31H,5-10,12H2,1-4H3,(H,26,27)(H,28,32);2*8-9,12,15-16,20,32H,5-7,10-11H2,1-4H3,(H,27,30)(H,28,33);10-12,15-16,20,32H,5-9H2,1-4H3,(H,27,30)(H,28,33)/t15-,16+,17+,18+;12-,15+,16+;12-,15-,16-;12-,15+,16+/m1000/s1. The van der Waals surface area contributed by atoms with Gasteiger partial charge in [-0.2, -0.15) is 0 Å². The zero-order chi connectivity index (χ0) is 102. The molecule has 141 heavy (non-hydrogen) atoms. The molecule has 6 aliphatic heterocycles. The van der Waals surface area contributed by atoms with Crippen molar-refractivity contribution < 1.29 is 94.6 Å². The Bertz CT molecular complexity index is 5650. The van der Waals surface area contributed by atoms with E-state index < -0.39 is 90.3 Å². The predicted molar refractivity (Wildman–Crippen MR) is 527 cm³/mol. The third-order valence-corrected chi connectivity index (χ3v) is 29.8. The number of aromatic nitrogens is 8. The van der Waals surface area contributed by atoms with Gasteiger partial charge in [0.25, 0.3) is 66.5 Å². The highest BCUT2D eigenvalue weighted by atomic mass is 32.1. The molecule has 6 saturated heterocycles. The summed E-state index contributed by atoms with van der Waals surface area (Å²) >= 11 is 3.84. The van der Waals surface area contributed by atoms with Gasteiger partial charge in [-0.25, -0.2) is 66.2 Å². The SMILES string of the molecule is CC[C@@H](C)Nc1cc(C)c(-c2sc(C(=O)N[C@H]3CC[C@H](O)C3)nc2C(=O)N2CCC[C@@H]2C)cn1.C[C@H]1CCCN1C(=O)c1nc(C(=O)N[C@@H]2CC[C@H]2O)sc1-c1cnc(NC(C)(C)C)cc1C(F)F.C[C@H]1CCCN1C(=O)c1nc(C(=O)N[C@@H]2COC[C@H]2O)sc1-c1cnc(NC(C)(C)C)cc1C(F)F.C[C@H]1CCCN1C(=O)c1nc(C(=O)N[C@H]2COC[C@@H]2O)sc1-c1cnc(NC(C)(C)C)cc1C(F)F. The summed E-state index contributed by atoms with van der Waals surface area (Å²) in [6.45, 7) is 33.8. The Labute approximate surface area is 831 Å². The van der Waals surface area contributed by atoms with E-state index in [-0.39, 0.29) is 189 Å². The molecular weight excluding hydrogens is 1910 g/mol. The minimum absolute atomic E-state index is 0.00795. The Balaban J connectivity index is 0.000000158. The lowest BCUT2D eigenvalue weighted by Gasteiger charge is -2.32. The Morgan fingerprint density at radius 2 is 0.723 bits per heavy atom. The number of hydrogen-bond donors (Lipinski definition) is 12. The fourth-order valence-corrected chi connectivity index (χ4v) is 21.6. The van der Waals surface area contributed by atoms with Gasteiger partial charge in [-0.1, -0.05) is 6.92 Å². The van der Waals surface area contributed by atoms with Gasteiger partial charge in [0.2, 0.25) is 0 Å². The first-order chi connectivity index (χ1) is 66.6. The van der Waals surface area contributed by atoms with Crippen molar-refractivity contribution in [2.24, 2.45) is 0 Å². The maximum atomic E-state index is 14.2. The van der Waals surface area contributed by atoms with Gasteiger partial charge >= 0.3 is 0 Å². The highest BCUT2D eigenvalue weighted by molar-refractivity contribution is 7.18. The summed E-state index contributed by atoms with van der Waals surface area (Å²) in [5.74, 6) is -1.75. The molecule has 14 heterocycles. The summed E-state index contributed by atoms with van der Waals surface area (Å²) in [5, 5.41) is 63.4. The lowest BCUT2D eigenvalue weighted by Crippen LogP contribution is -2.50. The van der Waals surface area contributed by atoms with Crippen LogP contribution in [0.15, 0.2) is 49.1 Å². The molecule has 8 aliphatic rings. The first-order valence-corrected chi connectivity index (χ1v) is 51.2. The van der Waals surface area contributed by atoms with E-state index in [9.17, 15) is 85.1 Å². The molecule has 2 aliphatic carbocycles. The Morgan fingerprint density at radius 3 is 0.979 bits per heavy atom. The molecule has 0 spiro atoms. The van der Waals surface area contributed by atoms with Gasteiger partial charge in [-0.15, -0.1) is 45.3 Å². The minimum Gasteiger partial charge on any atom is -0.393 e. The van der Waals surface area contributed by atoms with E-state index in [1.165, 1.54) is 48.1 Å². The summed E-state index contributed by atoms with van der Waals surface area (Å²) in [4.78, 5) is 149. The average Bonchev–Trinajstić information content (AvgIpc) is 1.65. The quantitative estimate of drug-likeness (QED) is 0.0236. The number of carbonyl (C=O) groups is 8. The van der Waals surface area contributed by atoms with Crippen molar-refractivity contribution in [3.05, 3.63) is 114 Å². The minimum atomic E-state index is -2.85. The maximum absolute atomic E-state index is 14.2. The summed E-state index contributed by atoms with van der Waals surface area (Å²) < 4.78 is 95.6. The third kappa shape index (κ3) is 26.7. The average molecular weight is 2040 g/mol. The zero-order valence-corrected chi connectivity index (χ0v) is 85.3. The summed E-state index contributed by atoms with van der Waals surface area (Å²) in [6.07, 6.45) is 5.59. The highest BCUT2D eigenvalue weighted by Gasteiger charge is 2.42. The molecule has 44 heteroatoms.